The normalized spacial score (nSPS) is 20.5. The van der Waals surface area contributed by atoms with E-state index in [0.29, 0.717) is 6.42 Å². The van der Waals surface area contributed by atoms with Crippen LogP contribution in [-0.2, 0) is 4.79 Å². The Hall–Kier alpha value is -1.84. The molecule has 1 atom stereocenters. The number of aliphatic carboxylic acids is 1. The number of carboxylic acids is 1. The number of nitrogens with zero attached hydrogens (tertiary/aromatic N) is 2. The third-order valence-corrected chi connectivity index (χ3v) is 2.66. The second-order valence-corrected chi connectivity index (χ2v) is 3.81. The summed E-state index contributed by atoms with van der Waals surface area (Å²) in [5.74, 6) is -0.789. The summed E-state index contributed by atoms with van der Waals surface area (Å²) in [6, 6.07) is 9.22. The average molecular weight is 218 g/mol. The predicted octanol–water partition coefficient (Wildman–Crippen LogP) is 1.57. The van der Waals surface area contributed by atoms with Gasteiger partial charge in [-0.1, -0.05) is 30.3 Å². The zero-order chi connectivity index (χ0) is 11.4. The standard InChI is InChI=1S/C12H14N2O2/c15-12(16)11-7-4-8-14(11)13-9-10-5-2-1-3-6-10/h1-3,5-6,9,11H,4,7-8H2,(H,15,16)/b13-9+. The highest BCUT2D eigenvalue weighted by Crippen LogP contribution is 2.17. The number of hydrazone groups is 1. The van der Waals surface area contributed by atoms with Crippen LogP contribution in [0.2, 0.25) is 0 Å². The van der Waals surface area contributed by atoms with Gasteiger partial charge in [0.15, 0.2) is 0 Å². The predicted molar refractivity (Wildman–Crippen MR) is 61.4 cm³/mol. The molecule has 0 bridgehead atoms. The van der Waals surface area contributed by atoms with Crippen LogP contribution < -0.4 is 0 Å². The minimum absolute atomic E-state index is 0.458. The van der Waals surface area contributed by atoms with Gasteiger partial charge in [0.1, 0.15) is 6.04 Å². The molecule has 1 unspecified atom stereocenters. The van der Waals surface area contributed by atoms with Gasteiger partial charge < -0.3 is 5.11 Å². The number of benzene rings is 1. The van der Waals surface area contributed by atoms with Crippen molar-refractivity contribution < 1.29 is 9.90 Å². The van der Waals surface area contributed by atoms with Gasteiger partial charge in [0.2, 0.25) is 0 Å². The van der Waals surface area contributed by atoms with Gasteiger partial charge in [0.25, 0.3) is 0 Å². The molecule has 4 nitrogen and oxygen atoms in total. The molecule has 1 aliphatic rings. The Morgan fingerprint density at radius 1 is 1.44 bits per heavy atom. The smallest absolute Gasteiger partial charge is 0.328 e. The molecule has 1 aromatic rings. The Labute approximate surface area is 94.2 Å². The minimum Gasteiger partial charge on any atom is -0.480 e. The van der Waals surface area contributed by atoms with E-state index in [-0.39, 0.29) is 0 Å². The van der Waals surface area contributed by atoms with Crippen LogP contribution >= 0.6 is 0 Å². The van der Waals surface area contributed by atoms with E-state index in [1.807, 2.05) is 30.3 Å². The molecule has 1 saturated heterocycles. The number of hydrogen-bond donors (Lipinski definition) is 1. The summed E-state index contributed by atoms with van der Waals surface area (Å²) >= 11 is 0. The fourth-order valence-corrected chi connectivity index (χ4v) is 1.82. The van der Waals surface area contributed by atoms with Crippen LogP contribution in [0.15, 0.2) is 35.4 Å². The topological polar surface area (TPSA) is 52.9 Å². The molecular weight excluding hydrogens is 204 g/mol. The molecule has 0 saturated carbocycles. The molecule has 1 fully saturated rings. The second-order valence-electron chi connectivity index (χ2n) is 3.81. The number of carboxylic acid groups (broad SMARTS) is 1. The molecule has 0 radical (unpaired) electrons. The highest BCUT2D eigenvalue weighted by Gasteiger charge is 2.29. The zero-order valence-corrected chi connectivity index (χ0v) is 8.91. The molecule has 0 aliphatic carbocycles. The summed E-state index contributed by atoms with van der Waals surface area (Å²) in [6.07, 6.45) is 3.28. The van der Waals surface area contributed by atoms with Crippen LogP contribution in [0.3, 0.4) is 0 Å². The molecule has 0 amide bonds. The van der Waals surface area contributed by atoms with E-state index >= 15 is 0 Å². The van der Waals surface area contributed by atoms with E-state index in [9.17, 15) is 4.79 Å². The third-order valence-electron chi connectivity index (χ3n) is 2.66. The lowest BCUT2D eigenvalue weighted by molar-refractivity contribution is -0.142. The molecule has 1 aromatic carbocycles. The van der Waals surface area contributed by atoms with Crippen LogP contribution in [0.4, 0.5) is 0 Å². The fraction of sp³-hybridized carbons (Fsp3) is 0.333. The Morgan fingerprint density at radius 3 is 2.88 bits per heavy atom. The van der Waals surface area contributed by atoms with E-state index in [1.165, 1.54) is 0 Å². The summed E-state index contributed by atoms with van der Waals surface area (Å²) in [5, 5.41) is 14.8. The maximum Gasteiger partial charge on any atom is 0.328 e. The molecular formula is C12H14N2O2. The Morgan fingerprint density at radius 2 is 2.19 bits per heavy atom. The van der Waals surface area contributed by atoms with E-state index < -0.39 is 12.0 Å². The first kappa shape index (κ1) is 10.7. The summed E-state index contributed by atoms with van der Waals surface area (Å²) < 4.78 is 0. The lowest BCUT2D eigenvalue weighted by Gasteiger charge is -2.16. The highest BCUT2D eigenvalue weighted by molar-refractivity contribution is 5.79. The second kappa shape index (κ2) is 4.79. The van der Waals surface area contributed by atoms with E-state index in [4.69, 9.17) is 5.11 Å². The van der Waals surface area contributed by atoms with Crippen molar-refractivity contribution >= 4 is 12.2 Å². The molecule has 16 heavy (non-hydrogen) atoms. The molecule has 0 aromatic heterocycles. The van der Waals surface area contributed by atoms with Gasteiger partial charge in [-0.2, -0.15) is 5.10 Å². The van der Waals surface area contributed by atoms with Crippen molar-refractivity contribution in [1.29, 1.82) is 0 Å². The van der Waals surface area contributed by atoms with Crippen molar-refractivity contribution in [3.8, 4) is 0 Å². The maximum absolute atomic E-state index is 10.9. The van der Waals surface area contributed by atoms with Crippen LogP contribution in [0.1, 0.15) is 18.4 Å². The lowest BCUT2D eigenvalue weighted by Crippen LogP contribution is -2.31. The van der Waals surface area contributed by atoms with Crippen molar-refractivity contribution in [1.82, 2.24) is 5.01 Å². The van der Waals surface area contributed by atoms with Crippen LogP contribution in [0.25, 0.3) is 0 Å². The Bertz CT molecular complexity index is 389. The van der Waals surface area contributed by atoms with Crippen LogP contribution in [0.5, 0.6) is 0 Å². The first-order chi connectivity index (χ1) is 7.77. The fourth-order valence-electron chi connectivity index (χ4n) is 1.82. The van der Waals surface area contributed by atoms with Gasteiger partial charge in [-0.15, -0.1) is 0 Å². The number of hydrogen-bond acceptors (Lipinski definition) is 3. The molecule has 1 aliphatic heterocycles. The lowest BCUT2D eigenvalue weighted by atomic mass is 10.2. The van der Waals surface area contributed by atoms with E-state index in [1.54, 1.807) is 11.2 Å². The molecule has 1 N–H and O–H groups in total. The maximum atomic E-state index is 10.9. The molecule has 1 heterocycles. The number of rotatable bonds is 3. The average Bonchev–Trinajstić information content (AvgIpc) is 2.76. The zero-order valence-electron chi connectivity index (χ0n) is 8.91. The molecule has 4 heteroatoms. The van der Waals surface area contributed by atoms with Crippen molar-refractivity contribution in [3.63, 3.8) is 0 Å². The van der Waals surface area contributed by atoms with Gasteiger partial charge in [0, 0.05) is 6.54 Å². The minimum atomic E-state index is -0.789. The van der Waals surface area contributed by atoms with E-state index in [0.717, 1.165) is 18.5 Å². The SMILES string of the molecule is O=C(O)C1CCCN1/N=C/c1ccccc1. The Balaban J connectivity index is 2.04. The summed E-state index contributed by atoms with van der Waals surface area (Å²) in [6.45, 7) is 0.723. The van der Waals surface area contributed by atoms with Crippen molar-refractivity contribution in [3.05, 3.63) is 35.9 Å². The Kier molecular flexibility index (Phi) is 3.19. The van der Waals surface area contributed by atoms with Gasteiger partial charge in [-0.05, 0) is 18.4 Å². The monoisotopic (exact) mass is 218 g/mol. The van der Waals surface area contributed by atoms with Gasteiger partial charge in [0.05, 0.1) is 6.21 Å². The molecule has 0 spiro atoms. The van der Waals surface area contributed by atoms with Gasteiger partial charge in [-0.25, -0.2) is 4.79 Å². The number of carbonyl (C=O) groups is 1. The highest BCUT2D eigenvalue weighted by atomic mass is 16.4. The summed E-state index contributed by atoms with van der Waals surface area (Å²) in [5.41, 5.74) is 0.985. The van der Waals surface area contributed by atoms with Crippen molar-refractivity contribution in [2.45, 2.75) is 18.9 Å². The first-order valence-electron chi connectivity index (χ1n) is 5.36. The van der Waals surface area contributed by atoms with Crippen molar-refractivity contribution in [2.75, 3.05) is 6.54 Å². The van der Waals surface area contributed by atoms with Crippen molar-refractivity contribution in [2.24, 2.45) is 5.10 Å². The summed E-state index contributed by atoms with van der Waals surface area (Å²) in [7, 11) is 0. The van der Waals surface area contributed by atoms with Crippen LogP contribution in [0, 0.1) is 0 Å². The van der Waals surface area contributed by atoms with Gasteiger partial charge in [-0.3, -0.25) is 5.01 Å². The quantitative estimate of drug-likeness (QED) is 0.783. The summed E-state index contributed by atoms with van der Waals surface area (Å²) in [4.78, 5) is 10.9. The van der Waals surface area contributed by atoms with E-state index in [2.05, 4.69) is 5.10 Å². The molecule has 84 valence electrons. The first-order valence-corrected chi connectivity index (χ1v) is 5.36. The third kappa shape index (κ3) is 2.39. The largest absolute Gasteiger partial charge is 0.480 e. The molecule has 2 rings (SSSR count). The van der Waals surface area contributed by atoms with Crippen LogP contribution in [-0.4, -0.2) is 34.9 Å². The van der Waals surface area contributed by atoms with Gasteiger partial charge >= 0.3 is 5.97 Å².